The third-order valence-electron chi connectivity index (χ3n) is 4.22. The number of thiophene rings is 1. The molecule has 1 unspecified atom stereocenters. The van der Waals surface area contributed by atoms with Crippen molar-refractivity contribution in [2.75, 3.05) is 20.2 Å². The average molecular weight is 344 g/mol. The fourth-order valence-corrected chi connectivity index (χ4v) is 3.63. The molecule has 2 amide bonds. The second-order valence-electron chi connectivity index (χ2n) is 5.68. The van der Waals surface area contributed by atoms with E-state index >= 15 is 0 Å². The fraction of sp³-hybridized carbons (Fsp3) is 0.333. The van der Waals surface area contributed by atoms with Gasteiger partial charge in [0.1, 0.15) is 5.75 Å². The maximum atomic E-state index is 12.5. The Kier molecular flexibility index (Phi) is 5.15. The summed E-state index contributed by atoms with van der Waals surface area (Å²) in [6.45, 7) is 0.758. The number of nitrogens with zero attached hydrogens (tertiary/aromatic N) is 1. The van der Waals surface area contributed by atoms with E-state index in [0.29, 0.717) is 4.88 Å². The lowest BCUT2D eigenvalue weighted by Crippen LogP contribution is -2.39. The predicted octanol–water partition coefficient (Wildman–Crippen LogP) is 2.85. The van der Waals surface area contributed by atoms with Gasteiger partial charge in [-0.1, -0.05) is 18.2 Å². The summed E-state index contributed by atoms with van der Waals surface area (Å²) < 4.78 is 5.18. The van der Waals surface area contributed by atoms with Crippen LogP contribution in [0.2, 0.25) is 0 Å². The number of hydrogen-bond donors (Lipinski definition) is 1. The van der Waals surface area contributed by atoms with E-state index in [0.717, 1.165) is 30.7 Å². The van der Waals surface area contributed by atoms with Crippen LogP contribution in [-0.2, 0) is 4.79 Å². The van der Waals surface area contributed by atoms with Crippen molar-refractivity contribution in [3.05, 3.63) is 52.2 Å². The molecule has 1 atom stereocenters. The Labute approximate surface area is 145 Å². The van der Waals surface area contributed by atoms with Crippen LogP contribution in [-0.4, -0.2) is 36.9 Å². The first-order chi connectivity index (χ1) is 11.7. The summed E-state index contributed by atoms with van der Waals surface area (Å²) in [5, 5.41) is 4.56. The highest BCUT2D eigenvalue weighted by Gasteiger charge is 2.29. The molecule has 1 aromatic carbocycles. The summed E-state index contributed by atoms with van der Waals surface area (Å²) in [5.41, 5.74) is 1.10. The number of carbonyl (C=O) groups excluding carboxylic acids is 2. The van der Waals surface area contributed by atoms with Gasteiger partial charge in [-0.05, 0) is 42.0 Å². The molecule has 1 saturated heterocycles. The van der Waals surface area contributed by atoms with Crippen molar-refractivity contribution in [2.24, 2.45) is 0 Å². The van der Waals surface area contributed by atoms with Gasteiger partial charge in [-0.15, -0.1) is 11.3 Å². The molecule has 126 valence electrons. The first kappa shape index (κ1) is 16.5. The van der Waals surface area contributed by atoms with Crippen molar-refractivity contribution in [3.8, 4) is 5.75 Å². The topological polar surface area (TPSA) is 58.6 Å². The monoisotopic (exact) mass is 344 g/mol. The molecule has 0 spiro atoms. The SMILES string of the molecule is COc1ccc(C2CCCN2C(=O)CNC(=O)c2cccs2)cc1. The Hall–Kier alpha value is -2.34. The molecule has 1 fully saturated rings. The van der Waals surface area contributed by atoms with Crippen LogP contribution >= 0.6 is 11.3 Å². The van der Waals surface area contributed by atoms with E-state index < -0.39 is 0 Å². The third kappa shape index (κ3) is 3.59. The second kappa shape index (κ2) is 7.49. The van der Waals surface area contributed by atoms with Gasteiger partial charge in [-0.2, -0.15) is 0 Å². The lowest BCUT2D eigenvalue weighted by atomic mass is 10.0. The zero-order valence-electron chi connectivity index (χ0n) is 13.5. The first-order valence-corrected chi connectivity index (χ1v) is 8.82. The molecule has 2 aromatic rings. The molecule has 6 heteroatoms. The van der Waals surface area contributed by atoms with Crippen LogP contribution in [0.5, 0.6) is 5.75 Å². The summed E-state index contributed by atoms with van der Waals surface area (Å²) in [4.78, 5) is 27.0. The van der Waals surface area contributed by atoms with Gasteiger partial charge in [0, 0.05) is 6.54 Å². The smallest absolute Gasteiger partial charge is 0.261 e. The Morgan fingerprint density at radius 1 is 1.29 bits per heavy atom. The zero-order valence-corrected chi connectivity index (χ0v) is 14.3. The minimum absolute atomic E-state index is 0.0311. The van der Waals surface area contributed by atoms with Gasteiger partial charge in [0.15, 0.2) is 0 Å². The molecule has 0 bridgehead atoms. The molecule has 0 aliphatic carbocycles. The van der Waals surface area contributed by atoms with E-state index in [4.69, 9.17) is 4.74 Å². The molecular formula is C18H20N2O3S. The maximum absolute atomic E-state index is 12.5. The number of hydrogen-bond acceptors (Lipinski definition) is 4. The largest absolute Gasteiger partial charge is 0.497 e. The Morgan fingerprint density at radius 2 is 2.08 bits per heavy atom. The highest BCUT2D eigenvalue weighted by molar-refractivity contribution is 7.12. The average Bonchev–Trinajstić information content (AvgIpc) is 3.30. The number of likely N-dealkylation sites (tertiary alicyclic amines) is 1. The van der Waals surface area contributed by atoms with E-state index in [1.54, 1.807) is 13.2 Å². The van der Waals surface area contributed by atoms with E-state index in [1.807, 2.05) is 40.6 Å². The number of rotatable bonds is 5. The van der Waals surface area contributed by atoms with Crippen LogP contribution in [0.15, 0.2) is 41.8 Å². The van der Waals surface area contributed by atoms with Crippen molar-refractivity contribution in [1.82, 2.24) is 10.2 Å². The standard InChI is InChI=1S/C18H20N2O3S/c1-23-14-8-6-13(7-9-14)15-4-2-10-20(15)17(21)12-19-18(22)16-5-3-11-24-16/h3,5-9,11,15H,2,4,10,12H2,1H3,(H,19,22). The van der Waals surface area contributed by atoms with Crippen molar-refractivity contribution < 1.29 is 14.3 Å². The quantitative estimate of drug-likeness (QED) is 0.907. The van der Waals surface area contributed by atoms with Crippen LogP contribution < -0.4 is 10.1 Å². The van der Waals surface area contributed by atoms with E-state index in [-0.39, 0.29) is 24.4 Å². The van der Waals surface area contributed by atoms with Crippen LogP contribution in [0.1, 0.15) is 34.1 Å². The van der Waals surface area contributed by atoms with E-state index in [2.05, 4.69) is 5.32 Å². The molecule has 24 heavy (non-hydrogen) atoms. The van der Waals surface area contributed by atoms with Crippen LogP contribution in [0.3, 0.4) is 0 Å². The molecule has 5 nitrogen and oxygen atoms in total. The van der Waals surface area contributed by atoms with Gasteiger partial charge < -0.3 is 15.0 Å². The van der Waals surface area contributed by atoms with Crippen LogP contribution in [0, 0.1) is 0 Å². The van der Waals surface area contributed by atoms with Gasteiger partial charge in [0.25, 0.3) is 5.91 Å². The summed E-state index contributed by atoms with van der Waals surface area (Å²) >= 11 is 1.37. The van der Waals surface area contributed by atoms with Gasteiger partial charge in [0.2, 0.25) is 5.91 Å². The number of methoxy groups -OCH3 is 1. The predicted molar refractivity (Wildman–Crippen MR) is 93.3 cm³/mol. The lowest BCUT2D eigenvalue weighted by molar-refractivity contribution is -0.131. The van der Waals surface area contributed by atoms with Crippen molar-refractivity contribution in [2.45, 2.75) is 18.9 Å². The summed E-state index contributed by atoms with van der Waals surface area (Å²) in [6, 6.07) is 11.5. The van der Waals surface area contributed by atoms with E-state index in [1.165, 1.54) is 11.3 Å². The summed E-state index contributed by atoms with van der Waals surface area (Å²) in [5.74, 6) is 0.564. The van der Waals surface area contributed by atoms with Crippen LogP contribution in [0.25, 0.3) is 0 Å². The van der Waals surface area contributed by atoms with Gasteiger partial charge in [-0.25, -0.2) is 0 Å². The van der Waals surface area contributed by atoms with Gasteiger partial charge >= 0.3 is 0 Å². The number of nitrogens with one attached hydrogen (secondary N) is 1. The molecular weight excluding hydrogens is 324 g/mol. The molecule has 3 rings (SSSR count). The maximum Gasteiger partial charge on any atom is 0.261 e. The summed E-state index contributed by atoms with van der Waals surface area (Å²) in [7, 11) is 1.64. The summed E-state index contributed by atoms with van der Waals surface area (Å²) in [6.07, 6.45) is 1.91. The van der Waals surface area contributed by atoms with Gasteiger partial charge in [-0.3, -0.25) is 9.59 Å². The van der Waals surface area contributed by atoms with Crippen LogP contribution in [0.4, 0.5) is 0 Å². The first-order valence-electron chi connectivity index (χ1n) is 7.94. The lowest BCUT2D eigenvalue weighted by Gasteiger charge is -2.25. The molecule has 1 aliphatic rings. The van der Waals surface area contributed by atoms with Gasteiger partial charge in [0.05, 0.1) is 24.6 Å². The number of carbonyl (C=O) groups is 2. The zero-order chi connectivity index (χ0) is 16.9. The minimum Gasteiger partial charge on any atom is -0.497 e. The fourth-order valence-electron chi connectivity index (χ4n) is 2.99. The molecule has 0 radical (unpaired) electrons. The highest BCUT2D eigenvalue weighted by Crippen LogP contribution is 2.32. The second-order valence-corrected chi connectivity index (χ2v) is 6.63. The Balaban J connectivity index is 1.61. The normalized spacial score (nSPS) is 16.9. The Bertz CT molecular complexity index is 698. The number of ether oxygens (including phenoxy) is 1. The molecule has 1 aromatic heterocycles. The van der Waals surface area contributed by atoms with Crippen molar-refractivity contribution >= 4 is 23.2 Å². The molecule has 1 aliphatic heterocycles. The van der Waals surface area contributed by atoms with Crippen molar-refractivity contribution in [1.29, 1.82) is 0 Å². The minimum atomic E-state index is -0.196. The number of benzene rings is 1. The molecule has 1 N–H and O–H groups in total. The third-order valence-corrected chi connectivity index (χ3v) is 5.09. The number of amides is 2. The Morgan fingerprint density at radius 3 is 2.75 bits per heavy atom. The van der Waals surface area contributed by atoms with E-state index in [9.17, 15) is 9.59 Å². The molecule has 2 heterocycles. The molecule has 0 saturated carbocycles. The van der Waals surface area contributed by atoms with Crippen molar-refractivity contribution in [3.63, 3.8) is 0 Å². The highest BCUT2D eigenvalue weighted by atomic mass is 32.1.